The molecule has 0 aliphatic rings. The number of halogens is 3. The quantitative estimate of drug-likeness (QED) is 0.406. The summed E-state index contributed by atoms with van der Waals surface area (Å²) in [5, 5.41) is 11.8. The highest BCUT2D eigenvalue weighted by Crippen LogP contribution is 2.36. The molecule has 2 rings (SSSR count). The minimum Gasteiger partial charge on any atom is -0.493 e. The third-order valence-corrected chi connectivity index (χ3v) is 4.94. The number of aromatic nitrogens is 1. The van der Waals surface area contributed by atoms with Crippen molar-refractivity contribution in [1.82, 2.24) is 10.3 Å². The molecule has 8 nitrogen and oxygen atoms in total. The van der Waals surface area contributed by atoms with E-state index in [0.29, 0.717) is 18.6 Å². The van der Waals surface area contributed by atoms with Gasteiger partial charge in [0.15, 0.2) is 17.3 Å². The molecule has 0 unspecified atom stereocenters. The van der Waals surface area contributed by atoms with Crippen molar-refractivity contribution < 1.29 is 37.3 Å². The second-order valence-corrected chi connectivity index (χ2v) is 7.76. The molecule has 0 aliphatic heterocycles. The van der Waals surface area contributed by atoms with Gasteiger partial charge in [-0.05, 0) is 31.5 Å². The molecule has 1 aromatic heterocycles. The molecule has 0 amide bonds. The van der Waals surface area contributed by atoms with Crippen molar-refractivity contribution in [2.45, 2.75) is 38.8 Å². The number of carboxylic acids is 1. The summed E-state index contributed by atoms with van der Waals surface area (Å²) in [5.41, 5.74) is -3.48. The number of hydrogen-bond donors (Lipinski definition) is 3. The van der Waals surface area contributed by atoms with Crippen molar-refractivity contribution in [3.05, 3.63) is 45.5 Å². The molecule has 0 bridgehead atoms. The summed E-state index contributed by atoms with van der Waals surface area (Å²) >= 11 is 0. The number of aromatic amines is 1. The molecule has 2 aromatic rings. The Morgan fingerprint density at radius 3 is 2.48 bits per heavy atom. The van der Waals surface area contributed by atoms with Gasteiger partial charge in [-0.15, -0.1) is 0 Å². The van der Waals surface area contributed by atoms with E-state index in [1.807, 2.05) is 0 Å². The number of ether oxygens (including phenoxy) is 3. The van der Waals surface area contributed by atoms with Crippen LogP contribution < -0.4 is 20.2 Å². The molecule has 1 aromatic carbocycles. The average Bonchev–Trinajstić information content (AvgIpc) is 2.76. The van der Waals surface area contributed by atoms with Crippen LogP contribution in [0.15, 0.2) is 23.1 Å². The van der Waals surface area contributed by atoms with Gasteiger partial charge >= 0.3 is 5.97 Å². The normalized spacial score (nSPS) is 11.6. The van der Waals surface area contributed by atoms with Crippen molar-refractivity contribution in [2.75, 3.05) is 27.4 Å². The molecule has 0 radical (unpaired) electrons. The van der Waals surface area contributed by atoms with E-state index in [9.17, 15) is 22.8 Å². The van der Waals surface area contributed by atoms with Crippen LogP contribution in [0.4, 0.5) is 13.2 Å². The first kappa shape index (κ1) is 26.2. The van der Waals surface area contributed by atoms with Gasteiger partial charge in [0.2, 0.25) is 5.43 Å². The van der Waals surface area contributed by atoms with E-state index < -0.39 is 34.7 Å². The molecule has 1 heterocycles. The standard InChI is InChI=1S/C22H27F3N2O6/c1-22(2,21(24)25)27-10-12-8-16(33-7-5-6-31-3)15(32-4)9-13(12)18-17(23)19(28)14(11-26-18)20(29)30/h8-9,11,21,27H,5-7,10H2,1-4H3,(H,26,28)(H,29,30). The first-order valence-corrected chi connectivity index (χ1v) is 10.0. The van der Waals surface area contributed by atoms with Gasteiger partial charge < -0.3 is 29.6 Å². The number of carboxylic acid groups (broad SMARTS) is 1. The fourth-order valence-corrected chi connectivity index (χ4v) is 2.90. The number of methoxy groups -OCH3 is 2. The van der Waals surface area contributed by atoms with Crippen molar-refractivity contribution >= 4 is 5.97 Å². The number of aromatic carboxylic acids is 1. The lowest BCUT2D eigenvalue weighted by Gasteiger charge is -2.26. The molecule has 0 saturated heterocycles. The molecule has 0 fully saturated rings. The maximum absolute atomic E-state index is 14.9. The van der Waals surface area contributed by atoms with Gasteiger partial charge in [0.1, 0.15) is 5.56 Å². The first-order valence-electron chi connectivity index (χ1n) is 10.0. The molecule has 182 valence electrons. The summed E-state index contributed by atoms with van der Waals surface area (Å²) < 4.78 is 57.6. The fraction of sp³-hybridized carbons (Fsp3) is 0.455. The summed E-state index contributed by atoms with van der Waals surface area (Å²) in [5.74, 6) is -2.41. The van der Waals surface area contributed by atoms with E-state index >= 15 is 0 Å². The number of hydrogen-bond acceptors (Lipinski definition) is 6. The summed E-state index contributed by atoms with van der Waals surface area (Å²) in [7, 11) is 2.92. The number of carbonyl (C=O) groups is 1. The van der Waals surface area contributed by atoms with Crippen molar-refractivity contribution in [3.63, 3.8) is 0 Å². The first-order chi connectivity index (χ1) is 15.5. The molecule has 11 heteroatoms. The smallest absolute Gasteiger partial charge is 0.341 e. The molecule has 0 spiro atoms. The van der Waals surface area contributed by atoms with E-state index in [2.05, 4.69) is 10.3 Å². The van der Waals surface area contributed by atoms with Crippen LogP contribution in [0, 0.1) is 5.82 Å². The third kappa shape index (κ3) is 6.26. The molecular formula is C22H27F3N2O6. The number of nitrogens with one attached hydrogen (secondary N) is 2. The van der Waals surface area contributed by atoms with Gasteiger partial charge in [0.05, 0.1) is 24.9 Å². The zero-order chi connectivity index (χ0) is 24.8. The highest BCUT2D eigenvalue weighted by Gasteiger charge is 2.29. The number of rotatable bonds is 12. The largest absolute Gasteiger partial charge is 0.493 e. The highest BCUT2D eigenvalue weighted by atomic mass is 19.3. The second kappa shape index (κ2) is 11.2. The van der Waals surface area contributed by atoms with Crippen LogP contribution in [0.3, 0.4) is 0 Å². The number of H-pyrrole nitrogens is 1. The topological polar surface area (TPSA) is 110 Å². The Labute approximate surface area is 188 Å². The minimum atomic E-state index is -2.68. The lowest BCUT2D eigenvalue weighted by molar-refractivity contribution is 0.0501. The maximum atomic E-state index is 14.9. The summed E-state index contributed by atoms with van der Waals surface area (Å²) in [4.78, 5) is 25.8. The third-order valence-electron chi connectivity index (χ3n) is 4.94. The Morgan fingerprint density at radius 1 is 1.21 bits per heavy atom. The number of alkyl halides is 2. The van der Waals surface area contributed by atoms with Crippen LogP contribution in [-0.2, 0) is 11.3 Å². The van der Waals surface area contributed by atoms with Crippen LogP contribution in [0.2, 0.25) is 0 Å². The lowest BCUT2D eigenvalue weighted by Crippen LogP contribution is -2.45. The van der Waals surface area contributed by atoms with E-state index in [4.69, 9.17) is 19.3 Å². The zero-order valence-electron chi connectivity index (χ0n) is 18.8. The Balaban J connectivity index is 2.59. The number of benzene rings is 1. The molecular weight excluding hydrogens is 445 g/mol. The Hall–Kier alpha value is -3.05. The molecule has 0 saturated carbocycles. The second-order valence-electron chi connectivity index (χ2n) is 7.76. The van der Waals surface area contributed by atoms with Crippen LogP contribution in [0.25, 0.3) is 11.3 Å². The molecule has 0 atom stereocenters. The number of pyridine rings is 1. The monoisotopic (exact) mass is 472 g/mol. The van der Waals surface area contributed by atoms with Gasteiger partial charge in [-0.2, -0.15) is 0 Å². The highest BCUT2D eigenvalue weighted by molar-refractivity contribution is 5.87. The average molecular weight is 472 g/mol. The summed E-state index contributed by atoms with van der Waals surface area (Å²) in [6, 6.07) is 2.89. The van der Waals surface area contributed by atoms with Crippen LogP contribution in [0.5, 0.6) is 11.5 Å². The van der Waals surface area contributed by atoms with Gasteiger partial charge in [0.25, 0.3) is 6.43 Å². The predicted octanol–water partition coefficient (Wildman–Crippen LogP) is 3.44. The Bertz CT molecular complexity index is 1040. The lowest BCUT2D eigenvalue weighted by atomic mass is 9.99. The van der Waals surface area contributed by atoms with Crippen LogP contribution >= 0.6 is 0 Å². The van der Waals surface area contributed by atoms with E-state index in [0.717, 1.165) is 6.20 Å². The van der Waals surface area contributed by atoms with Crippen molar-refractivity contribution in [1.29, 1.82) is 0 Å². The Morgan fingerprint density at radius 2 is 1.91 bits per heavy atom. The maximum Gasteiger partial charge on any atom is 0.341 e. The molecule has 3 N–H and O–H groups in total. The zero-order valence-corrected chi connectivity index (χ0v) is 18.8. The summed E-state index contributed by atoms with van der Waals surface area (Å²) in [6.07, 6.45) is -1.23. The predicted molar refractivity (Wildman–Crippen MR) is 115 cm³/mol. The Kier molecular flexibility index (Phi) is 8.89. The van der Waals surface area contributed by atoms with E-state index in [1.165, 1.54) is 33.1 Å². The van der Waals surface area contributed by atoms with Gasteiger partial charge in [-0.3, -0.25) is 4.79 Å². The molecule has 33 heavy (non-hydrogen) atoms. The van der Waals surface area contributed by atoms with Gasteiger partial charge in [0, 0.05) is 38.4 Å². The van der Waals surface area contributed by atoms with Crippen LogP contribution in [0.1, 0.15) is 36.2 Å². The van der Waals surface area contributed by atoms with Crippen molar-refractivity contribution in [2.24, 2.45) is 0 Å². The summed E-state index contributed by atoms with van der Waals surface area (Å²) in [6.45, 7) is 3.23. The minimum absolute atomic E-state index is 0.125. The SMILES string of the molecule is COCCCOc1cc(CNC(C)(C)C(F)F)c(-c2[nH]cc(C(=O)O)c(=O)c2F)cc1OC. The van der Waals surface area contributed by atoms with E-state index in [-0.39, 0.29) is 35.9 Å². The van der Waals surface area contributed by atoms with Crippen LogP contribution in [-0.4, -0.2) is 55.5 Å². The van der Waals surface area contributed by atoms with Gasteiger partial charge in [-0.1, -0.05) is 0 Å². The van der Waals surface area contributed by atoms with Crippen molar-refractivity contribution in [3.8, 4) is 22.8 Å². The fourth-order valence-electron chi connectivity index (χ4n) is 2.90. The van der Waals surface area contributed by atoms with Gasteiger partial charge in [-0.25, -0.2) is 18.0 Å². The van der Waals surface area contributed by atoms with E-state index in [1.54, 1.807) is 7.11 Å². The molecule has 0 aliphatic carbocycles.